The van der Waals surface area contributed by atoms with Gasteiger partial charge in [0.1, 0.15) is 0 Å². The lowest BCUT2D eigenvalue weighted by Crippen LogP contribution is -2.46. The topological polar surface area (TPSA) is 35.5 Å². The molecule has 0 aromatic heterocycles. The molecule has 0 aliphatic carbocycles. The van der Waals surface area contributed by atoms with E-state index in [1.165, 1.54) is 0 Å². The molecule has 18 heavy (non-hydrogen) atoms. The zero-order valence-corrected chi connectivity index (χ0v) is 11.5. The van der Waals surface area contributed by atoms with E-state index in [1.807, 2.05) is 26.8 Å². The minimum absolute atomic E-state index is 0.119. The summed E-state index contributed by atoms with van der Waals surface area (Å²) in [6.07, 6.45) is 3.58. The molecule has 0 amide bonds. The van der Waals surface area contributed by atoms with E-state index in [0.717, 1.165) is 18.4 Å². The van der Waals surface area contributed by atoms with Crippen molar-refractivity contribution in [3.05, 3.63) is 24.8 Å². The molecular weight excluding hydrogens is 228 g/mol. The van der Waals surface area contributed by atoms with Crippen LogP contribution in [0.4, 0.5) is 0 Å². The standard InChI is InChI=1S/C15H22O3/c1-6-14(4)8-7-13(18-14)15(5)12(16)9-11(17-15)10(2)3/h6,11,13H,1-2,7-9H2,3-5H3/t11-,13+,14-,15-/m1/s1. The van der Waals surface area contributed by atoms with Gasteiger partial charge in [0.15, 0.2) is 11.4 Å². The van der Waals surface area contributed by atoms with Crippen LogP contribution >= 0.6 is 0 Å². The van der Waals surface area contributed by atoms with E-state index in [2.05, 4.69) is 13.2 Å². The Morgan fingerprint density at radius 1 is 1.44 bits per heavy atom. The van der Waals surface area contributed by atoms with Gasteiger partial charge in [-0.1, -0.05) is 18.2 Å². The lowest BCUT2D eigenvalue weighted by atomic mass is 9.91. The summed E-state index contributed by atoms with van der Waals surface area (Å²) in [5, 5.41) is 0. The molecule has 2 aliphatic rings. The SMILES string of the molecule is C=C[C@]1(C)CC[C@@H]([C@]2(C)O[C@@H](C(=C)C)CC2=O)O1. The first-order valence-electron chi connectivity index (χ1n) is 6.49. The summed E-state index contributed by atoms with van der Waals surface area (Å²) in [6.45, 7) is 13.4. The van der Waals surface area contributed by atoms with Gasteiger partial charge in [-0.2, -0.15) is 0 Å². The summed E-state index contributed by atoms with van der Waals surface area (Å²) >= 11 is 0. The number of ether oxygens (including phenoxy) is 2. The van der Waals surface area contributed by atoms with Gasteiger partial charge in [0.25, 0.3) is 0 Å². The molecule has 3 heteroatoms. The smallest absolute Gasteiger partial charge is 0.169 e. The lowest BCUT2D eigenvalue weighted by Gasteiger charge is -2.31. The molecule has 0 N–H and O–H groups in total. The second-order valence-corrected chi connectivity index (χ2v) is 5.85. The molecule has 2 rings (SSSR count). The molecule has 2 saturated heterocycles. The first kappa shape index (κ1) is 13.5. The quantitative estimate of drug-likeness (QED) is 0.722. The average molecular weight is 250 g/mol. The van der Waals surface area contributed by atoms with Crippen LogP contribution in [-0.4, -0.2) is 29.2 Å². The van der Waals surface area contributed by atoms with Crippen molar-refractivity contribution in [2.75, 3.05) is 0 Å². The van der Waals surface area contributed by atoms with E-state index < -0.39 is 5.60 Å². The Kier molecular flexibility index (Phi) is 3.24. The van der Waals surface area contributed by atoms with E-state index in [-0.39, 0.29) is 23.6 Å². The van der Waals surface area contributed by atoms with E-state index in [9.17, 15) is 4.79 Å². The molecule has 0 saturated carbocycles. The summed E-state index contributed by atoms with van der Waals surface area (Å²) in [7, 11) is 0. The molecule has 0 aromatic carbocycles. The zero-order valence-electron chi connectivity index (χ0n) is 11.5. The van der Waals surface area contributed by atoms with Gasteiger partial charge in [-0.05, 0) is 33.6 Å². The fourth-order valence-corrected chi connectivity index (χ4v) is 2.70. The molecule has 2 aliphatic heterocycles. The lowest BCUT2D eigenvalue weighted by molar-refractivity contribution is -0.155. The number of Topliss-reactive ketones (excluding diaryl/α,β-unsaturated/α-hetero) is 1. The molecule has 0 spiro atoms. The van der Waals surface area contributed by atoms with Crippen molar-refractivity contribution in [2.45, 2.75) is 63.4 Å². The fourth-order valence-electron chi connectivity index (χ4n) is 2.70. The molecule has 4 atom stereocenters. The molecule has 2 heterocycles. The predicted octanol–water partition coefficient (Wildman–Crippen LogP) is 2.80. The van der Waals surface area contributed by atoms with E-state index >= 15 is 0 Å². The number of ketones is 1. The summed E-state index contributed by atoms with van der Waals surface area (Å²) in [4.78, 5) is 12.2. The molecule has 3 nitrogen and oxygen atoms in total. The van der Waals surface area contributed by atoms with Crippen LogP contribution in [0.2, 0.25) is 0 Å². The van der Waals surface area contributed by atoms with Crippen molar-refractivity contribution in [1.82, 2.24) is 0 Å². The van der Waals surface area contributed by atoms with Crippen LogP contribution in [0.3, 0.4) is 0 Å². The first-order chi connectivity index (χ1) is 8.31. The maximum absolute atomic E-state index is 12.2. The van der Waals surface area contributed by atoms with Crippen molar-refractivity contribution in [3.8, 4) is 0 Å². The van der Waals surface area contributed by atoms with E-state index in [0.29, 0.717) is 6.42 Å². The van der Waals surface area contributed by atoms with Gasteiger partial charge < -0.3 is 9.47 Å². The van der Waals surface area contributed by atoms with E-state index in [4.69, 9.17) is 9.47 Å². The van der Waals surface area contributed by atoms with E-state index in [1.54, 1.807) is 0 Å². The fraction of sp³-hybridized carbons (Fsp3) is 0.667. The third kappa shape index (κ3) is 2.06. The van der Waals surface area contributed by atoms with Crippen molar-refractivity contribution in [2.24, 2.45) is 0 Å². The summed E-state index contributed by atoms with van der Waals surface area (Å²) < 4.78 is 11.9. The van der Waals surface area contributed by atoms with Crippen LogP contribution in [0, 0.1) is 0 Å². The minimum atomic E-state index is -0.829. The molecule has 0 aromatic rings. The molecular formula is C15H22O3. The zero-order chi connectivity index (χ0) is 13.6. The van der Waals surface area contributed by atoms with Gasteiger partial charge in [-0.15, -0.1) is 6.58 Å². The van der Waals surface area contributed by atoms with Crippen LogP contribution in [0.1, 0.15) is 40.0 Å². The number of carbonyl (C=O) groups excluding carboxylic acids is 1. The highest BCUT2D eigenvalue weighted by Gasteiger charge is 2.54. The number of rotatable bonds is 3. The summed E-state index contributed by atoms with van der Waals surface area (Å²) in [5.74, 6) is 0.119. The Hall–Kier alpha value is -0.930. The van der Waals surface area contributed by atoms with Crippen molar-refractivity contribution < 1.29 is 14.3 Å². The Labute approximate surface area is 109 Å². The monoisotopic (exact) mass is 250 g/mol. The molecule has 0 bridgehead atoms. The maximum Gasteiger partial charge on any atom is 0.169 e. The normalized spacial score (nSPS) is 44.3. The largest absolute Gasteiger partial charge is 0.365 e. The highest BCUT2D eigenvalue weighted by molar-refractivity contribution is 5.90. The number of hydrogen-bond acceptors (Lipinski definition) is 3. The van der Waals surface area contributed by atoms with Crippen LogP contribution in [0.15, 0.2) is 24.8 Å². The molecule has 2 fully saturated rings. The van der Waals surface area contributed by atoms with Crippen LogP contribution in [0.5, 0.6) is 0 Å². The molecule has 0 radical (unpaired) electrons. The highest BCUT2D eigenvalue weighted by atomic mass is 16.6. The van der Waals surface area contributed by atoms with Gasteiger partial charge in [-0.3, -0.25) is 4.79 Å². The van der Waals surface area contributed by atoms with Crippen LogP contribution < -0.4 is 0 Å². The van der Waals surface area contributed by atoms with Crippen molar-refractivity contribution in [1.29, 1.82) is 0 Å². The molecule has 100 valence electrons. The Morgan fingerprint density at radius 2 is 2.11 bits per heavy atom. The third-order valence-electron chi connectivity index (χ3n) is 4.22. The maximum atomic E-state index is 12.2. The Balaban J connectivity index is 2.16. The van der Waals surface area contributed by atoms with Gasteiger partial charge in [0.2, 0.25) is 0 Å². The average Bonchev–Trinajstić information content (AvgIpc) is 2.84. The molecule has 0 unspecified atom stereocenters. The van der Waals surface area contributed by atoms with Crippen LogP contribution in [0.25, 0.3) is 0 Å². The van der Waals surface area contributed by atoms with Crippen LogP contribution in [-0.2, 0) is 14.3 Å². The second kappa shape index (κ2) is 4.32. The minimum Gasteiger partial charge on any atom is -0.365 e. The summed E-state index contributed by atoms with van der Waals surface area (Å²) in [6, 6.07) is 0. The number of hydrogen-bond donors (Lipinski definition) is 0. The van der Waals surface area contributed by atoms with Crippen molar-refractivity contribution >= 4 is 5.78 Å². The highest BCUT2D eigenvalue weighted by Crippen LogP contribution is 2.42. The van der Waals surface area contributed by atoms with Gasteiger partial charge >= 0.3 is 0 Å². The van der Waals surface area contributed by atoms with Crippen molar-refractivity contribution in [3.63, 3.8) is 0 Å². The first-order valence-corrected chi connectivity index (χ1v) is 6.49. The third-order valence-corrected chi connectivity index (χ3v) is 4.22. The number of carbonyl (C=O) groups is 1. The predicted molar refractivity (Wildman–Crippen MR) is 70.4 cm³/mol. The van der Waals surface area contributed by atoms with Gasteiger partial charge in [-0.25, -0.2) is 0 Å². The second-order valence-electron chi connectivity index (χ2n) is 5.85. The van der Waals surface area contributed by atoms with Gasteiger partial charge in [0, 0.05) is 6.42 Å². The Morgan fingerprint density at radius 3 is 2.56 bits per heavy atom. The Bertz CT molecular complexity index is 401. The van der Waals surface area contributed by atoms with Gasteiger partial charge in [0.05, 0.1) is 17.8 Å². The summed E-state index contributed by atoms with van der Waals surface area (Å²) in [5.41, 5.74) is -0.264.